The van der Waals surface area contributed by atoms with Gasteiger partial charge in [-0.15, -0.1) is 0 Å². The van der Waals surface area contributed by atoms with Crippen LogP contribution in [0.1, 0.15) is 34.7 Å². The molecule has 2 atom stereocenters. The molecule has 1 fully saturated rings. The van der Waals surface area contributed by atoms with Crippen LogP contribution < -0.4 is 19.7 Å². The van der Waals surface area contributed by atoms with E-state index in [9.17, 15) is 8.42 Å². The molecule has 1 aliphatic rings. The minimum atomic E-state index is -3.49. The Morgan fingerprint density at radius 1 is 1.05 bits per heavy atom. The Bertz CT molecular complexity index is 1640. The zero-order valence-electron chi connectivity index (χ0n) is 21.8. The Morgan fingerprint density at radius 3 is 2.41 bits per heavy atom. The maximum atomic E-state index is 11.9. The van der Waals surface area contributed by atoms with Crippen molar-refractivity contribution in [2.24, 2.45) is 0 Å². The van der Waals surface area contributed by atoms with Gasteiger partial charge in [-0.1, -0.05) is 17.7 Å². The van der Waals surface area contributed by atoms with Crippen molar-refractivity contribution in [3.63, 3.8) is 0 Å². The van der Waals surface area contributed by atoms with Crippen molar-refractivity contribution >= 4 is 50.3 Å². The van der Waals surface area contributed by atoms with E-state index in [2.05, 4.69) is 39.5 Å². The summed E-state index contributed by atoms with van der Waals surface area (Å²) in [4.78, 5) is 6.68. The molecule has 11 heteroatoms. The first-order valence-corrected chi connectivity index (χ1v) is 14.9. The fourth-order valence-corrected chi connectivity index (χ4v) is 6.18. The second-order valence-electron chi connectivity index (χ2n) is 9.39. The minimum Gasteiger partial charge on any atom is -0.494 e. The van der Waals surface area contributed by atoms with E-state index in [1.54, 1.807) is 18.3 Å². The van der Waals surface area contributed by atoms with Crippen molar-refractivity contribution in [3.8, 4) is 11.4 Å². The van der Waals surface area contributed by atoms with E-state index < -0.39 is 10.0 Å². The first-order chi connectivity index (χ1) is 18.6. The monoisotopic (exact) mass is 581 g/mol. The first-order valence-electron chi connectivity index (χ1n) is 12.2. The van der Waals surface area contributed by atoms with Crippen LogP contribution in [0.3, 0.4) is 0 Å². The Hall–Kier alpha value is -3.60. The van der Waals surface area contributed by atoms with Gasteiger partial charge in [0, 0.05) is 40.0 Å². The normalized spacial score (nSPS) is 17.3. The summed E-state index contributed by atoms with van der Waals surface area (Å²) in [5.41, 5.74) is 6.15. The summed E-state index contributed by atoms with van der Waals surface area (Å²) in [5, 5.41) is 4.68. The van der Waals surface area contributed by atoms with Crippen LogP contribution in [0.5, 0.6) is 5.75 Å². The van der Waals surface area contributed by atoms with Crippen LogP contribution >= 0.6 is 23.8 Å². The van der Waals surface area contributed by atoms with E-state index in [1.807, 2.05) is 53.4 Å². The highest BCUT2D eigenvalue weighted by atomic mass is 35.5. The topological polar surface area (TPSA) is 88.5 Å². The lowest BCUT2D eigenvalue weighted by atomic mass is 9.96. The molecule has 5 rings (SSSR count). The largest absolute Gasteiger partial charge is 0.494 e. The maximum Gasteiger partial charge on any atom is 0.229 e. The average molecular weight is 582 g/mol. The van der Waals surface area contributed by atoms with Crippen molar-refractivity contribution in [2.45, 2.75) is 25.9 Å². The fourth-order valence-electron chi connectivity index (χ4n) is 5.14. The van der Waals surface area contributed by atoms with Crippen molar-refractivity contribution in [2.75, 3.05) is 23.0 Å². The fraction of sp³-hybridized carbons (Fsp3) is 0.214. The molecule has 1 aliphatic heterocycles. The number of methoxy groups -OCH3 is 1. The first kappa shape index (κ1) is 27.0. The smallest absolute Gasteiger partial charge is 0.229 e. The van der Waals surface area contributed by atoms with Gasteiger partial charge in [0.15, 0.2) is 5.11 Å². The van der Waals surface area contributed by atoms with E-state index in [4.69, 9.17) is 28.6 Å². The molecule has 2 N–H and O–H groups in total. The number of hydrogen-bond acceptors (Lipinski definition) is 5. The molecule has 0 aliphatic carbocycles. The van der Waals surface area contributed by atoms with E-state index in [0.29, 0.717) is 21.6 Å². The average Bonchev–Trinajstić information content (AvgIpc) is 3.39. The molecule has 202 valence electrons. The van der Waals surface area contributed by atoms with E-state index in [0.717, 1.165) is 40.3 Å². The van der Waals surface area contributed by atoms with E-state index >= 15 is 0 Å². The van der Waals surface area contributed by atoms with Gasteiger partial charge < -0.3 is 19.5 Å². The molecule has 2 aromatic carbocycles. The molecule has 1 saturated heterocycles. The summed E-state index contributed by atoms with van der Waals surface area (Å²) in [6.07, 6.45) is 2.87. The number of nitrogens with zero attached hydrogens (tertiary/aromatic N) is 3. The summed E-state index contributed by atoms with van der Waals surface area (Å²) in [7, 11) is -1.99. The molecular formula is C28H28ClN5O3S2. The van der Waals surface area contributed by atoms with Gasteiger partial charge in [-0.2, -0.15) is 0 Å². The molecule has 2 aromatic heterocycles. The van der Waals surface area contributed by atoms with Crippen LogP contribution in [0, 0.1) is 13.8 Å². The number of rotatable bonds is 7. The van der Waals surface area contributed by atoms with E-state index in [1.165, 1.54) is 7.11 Å². The van der Waals surface area contributed by atoms with Gasteiger partial charge in [-0.05, 0) is 86.2 Å². The second-order valence-corrected chi connectivity index (χ2v) is 12.0. The third kappa shape index (κ3) is 5.32. The lowest BCUT2D eigenvalue weighted by Gasteiger charge is -2.29. The summed E-state index contributed by atoms with van der Waals surface area (Å²) in [6, 6.07) is 20.5. The number of aromatic nitrogens is 2. The van der Waals surface area contributed by atoms with Gasteiger partial charge in [-0.25, -0.2) is 8.42 Å². The number of aryl methyl sites for hydroxylation is 1. The number of halogens is 1. The van der Waals surface area contributed by atoms with Crippen molar-refractivity contribution in [1.82, 2.24) is 14.9 Å². The zero-order valence-corrected chi connectivity index (χ0v) is 24.2. The third-order valence-corrected chi connectivity index (χ3v) is 7.89. The Balaban J connectivity index is 1.66. The number of ether oxygens (including phenoxy) is 1. The lowest BCUT2D eigenvalue weighted by molar-refractivity contribution is 0.417. The quantitative estimate of drug-likeness (QED) is 0.271. The Labute approximate surface area is 238 Å². The summed E-state index contributed by atoms with van der Waals surface area (Å²) in [5.74, 6) is 0.382. The number of anilines is 2. The predicted octanol–water partition coefficient (Wildman–Crippen LogP) is 5.70. The van der Waals surface area contributed by atoms with Gasteiger partial charge in [0.25, 0.3) is 0 Å². The highest BCUT2D eigenvalue weighted by Gasteiger charge is 2.42. The number of nitrogens with one attached hydrogen (secondary N) is 2. The van der Waals surface area contributed by atoms with E-state index in [-0.39, 0.29) is 12.1 Å². The van der Waals surface area contributed by atoms with Crippen LogP contribution in [-0.2, 0) is 10.0 Å². The maximum absolute atomic E-state index is 11.9. The number of thiocarbonyl (C=S) groups is 1. The highest BCUT2D eigenvalue weighted by molar-refractivity contribution is 7.92. The van der Waals surface area contributed by atoms with Crippen LogP contribution in [-0.4, -0.2) is 36.4 Å². The highest BCUT2D eigenvalue weighted by Crippen LogP contribution is 2.45. The summed E-state index contributed by atoms with van der Waals surface area (Å²) < 4.78 is 34.0. The van der Waals surface area contributed by atoms with Gasteiger partial charge in [0.1, 0.15) is 5.75 Å². The number of hydrogen-bond donors (Lipinski definition) is 2. The van der Waals surface area contributed by atoms with Crippen molar-refractivity contribution < 1.29 is 13.2 Å². The van der Waals surface area contributed by atoms with Crippen LogP contribution in [0.2, 0.25) is 5.02 Å². The van der Waals surface area contributed by atoms with Gasteiger partial charge in [0.2, 0.25) is 10.0 Å². The lowest BCUT2D eigenvalue weighted by Crippen LogP contribution is -2.29. The van der Waals surface area contributed by atoms with Crippen molar-refractivity contribution in [3.05, 3.63) is 101 Å². The predicted molar refractivity (Wildman–Crippen MR) is 160 cm³/mol. The van der Waals surface area contributed by atoms with Crippen LogP contribution in [0.25, 0.3) is 5.69 Å². The minimum absolute atomic E-state index is 0.238. The molecule has 4 aromatic rings. The summed E-state index contributed by atoms with van der Waals surface area (Å²) in [6.45, 7) is 4.16. The number of benzene rings is 2. The molecule has 8 nitrogen and oxygen atoms in total. The van der Waals surface area contributed by atoms with Crippen LogP contribution in [0.15, 0.2) is 72.9 Å². The zero-order chi connectivity index (χ0) is 27.9. The van der Waals surface area contributed by atoms with Crippen molar-refractivity contribution in [1.29, 1.82) is 0 Å². The van der Waals surface area contributed by atoms with Gasteiger partial charge in [0.05, 0.1) is 36.8 Å². The molecule has 0 spiro atoms. The molecule has 0 radical (unpaired) electrons. The van der Waals surface area contributed by atoms with Gasteiger partial charge >= 0.3 is 0 Å². The SMILES string of the molecule is COc1cc(N2C(=S)N[C@H](c3ccccn3)[C@@H]2c2cc(C)n(-c3ccc(Cl)cc3)c2C)ccc1NS(C)(=O)=O. The number of sulfonamides is 1. The molecule has 0 saturated carbocycles. The second kappa shape index (κ2) is 10.5. The molecule has 3 heterocycles. The van der Waals surface area contributed by atoms with Crippen LogP contribution in [0.4, 0.5) is 11.4 Å². The van der Waals surface area contributed by atoms with Gasteiger partial charge in [-0.3, -0.25) is 9.71 Å². The summed E-state index contributed by atoms with van der Waals surface area (Å²) >= 11 is 12.0. The standard InChI is InChI=1S/C28H28ClN5O3S2/c1-17-15-22(18(2)33(17)20-10-8-19(29)9-11-20)27-26(24-7-5-6-14-30-24)31-28(38)34(27)21-12-13-23(25(16-21)37-3)32-39(4,35)36/h5-16,26-27,32H,1-4H3,(H,31,38)/t26-,27+/m1/s1. The molecule has 0 bridgehead atoms. The molecule has 0 unspecified atom stereocenters. The Kier molecular flexibility index (Phi) is 7.28. The third-order valence-electron chi connectivity index (χ3n) is 6.73. The molecular weight excluding hydrogens is 554 g/mol. The molecule has 0 amide bonds. The molecule has 39 heavy (non-hydrogen) atoms. The Morgan fingerprint density at radius 2 is 1.77 bits per heavy atom. The number of pyridine rings is 1.